The zero-order valence-electron chi connectivity index (χ0n) is 17.7. The van der Waals surface area contributed by atoms with Gasteiger partial charge < -0.3 is 13.7 Å². The molecule has 6 rings (SSSR count). The van der Waals surface area contributed by atoms with E-state index in [1.165, 1.54) is 16.2 Å². The van der Waals surface area contributed by atoms with Crippen LogP contribution in [0.3, 0.4) is 0 Å². The average molecular weight is 394 g/mol. The third kappa shape index (κ3) is 2.41. The van der Waals surface area contributed by atoms with E-state index in [4.69, 9.17) is 13.7 Å². The Morgan fingerprint density at radius 2 is 1.27 bits per heavy atom. The zero-order valence-corrected chi connectivity index (χ0v) is 17.7. The van der Waals surface area contributed by atoms with E-state index in [1.54, 1.807) is 0 Å². The molecule has 5 aromatic rings. The Labute approximate surface area is 175 Å². The molecule has 0 unspecified atom stereocenters. The minimum atomic E-state index is -0.475. The standard InChI is InChI=1S/C26H23BO3/c1-25(2)26(3,4)30-27(29-25)21-14-18-11-7-8-12-19(18)23-20-13-16-9-5-6-10-17(16)15-22(20)28-24(21)23/h5-15H,1-4H3. The van der Waals surface area contributed by atoms with Crippen molar-refractivity contribution in [1.82, 2.24) is 0 Å². The fourth-order valence-electron chi connectivity index (χ4n) is 4.48. The fraction of sp³-hybridized carbons (Fsp3) is 0.231. The summed E-state index contributed by atoms with van der Waals surface area (Å²) >= 11 is 0. The van der Waals surface area contributed by atoms with Gasteiger partial charge in [0.05, 0.1) is 11.2 Å². The van der Waals surface area contributed by atoms with Crippen molar-refractivity contribution in [2.24, 2.45) is 0 Å². The molecule has 3 nitrogen and oxygen atoms in total. The Bertz CT molecular complexity index is 1450. The van der Waals surface area contributed by atoms with Crippen molar-refractivity contribution in [3.63, 3.8) is 0 Å². The van der Waals surface area contributed by atoms with Gasteiger partial charge in [-0.2, -0.15) is 0 Å². The summed E-state index contributed by atoms with van der Waals surface area (Å²) in [6.45, 7) is 8.32. The van der Waals surface area contributed by atoms with Crippen molar-refractivity contribution in [3.8, 4) is 0 Å². The van der Waals surface area contributed by atoms with Crippen LogP contribution in [0.2, 0.25) is 0 Å². The molecule has 0 saturated carbocycles. The first-order chi connectivity index (χ1) is 14.3. The van der Waals surface area contributed by atoms with Gasteiger partial charge in [-0.25, -0.2) is 0 Å². The molecule has 1 fully saturated rings. The lowest BCUT2D eigenvalue weighted by atomic mass is 9.76. The molecule has 0 spiro atoms. The maximum absolute atomic E-state index is 6.49. The molecule has 148 valence electrons. The summed E-state index contributed by atoms with van der Waals surface area (Å²) in [6.07, 6.45) is 0. The van der Waals surface area contributed by atoms with E-state index in [9.17, 15) is 0 Å². The van der Waals surface area contributed by atoms with Crippen LogP contribution >= 0.6 is 0 Å². The van der Waals surface area contributed by atoms with Crippen LogP contribution in [0.25, 0.3) is 43.5 Å². The number of hydrogen-bond acceptors (Lipinski definition) is 3. The molecule has 1 aromatic heterocycles. The lowest BCUT2D eigenvalue weighted by Crippen LogP contribution is -2.41. The quantitative estimate of drug-likeness (QED) is 0.318. The van der Waals surface area contributed by atoms with Crippen molar-refractivity contribution in [1.29, 1.82) is 0 Å². The Morgan fingerprint density at radius 1 is 0.667 bits per heavy atom. The van der Waals surface area contributed by atoms with Crippen LogP contribution in [0.1, 0.15) is 27.7 Å². The van der Waals surface area contributed by atoms with Gasteiger partial charge in [-0.3, -0.25) is 0 Å². The Kier molecular flexibility index (Phi) is 3.52. The highest BCUT2D eigenvalue weighted by Gasteiger charge is 2.52. The molecule has 1 aliphatic heterocycles. The van der Waals surface area contributed by atoms with Crippen molar-refractivity contribution < 1.29 is 13.7 Å². The van der Waals surface area contributed by atoms with Crippen molar-refractivity contribution in [2.75, 3.05) is 0 Å². The van der Waals surface area contributed by atoms with Crippen LogP contribution in [0.5, 0.6) is 0 Å². The van der Waals surface area contributed by atoms with Gasteiger partial charge in [-0.1, -0.05) is 54.6 Å². The second-order valence-corrected chi connectivity index (χ2v) is 9.28. The average Bonchev–Trinajstić information content (AvgIpc) is 3.19. The number of furan rings is 1. The maximum atomic E-state index is 6.49. The Morgan fingerprint density at radius 3 is 1.97 bits per heavy atom. The van der Waals surface area contributed by atoms with Crippen LogP contribution in [0, 0.1) is 0 Å². The van der Waals surface area contributed by atoms with E-state index < -0.39 is 18.3 Å². The van der Waals surface area contributed by atoms with Crippen LogP contribution < -0.4 is 5.46 Å². The summed E-state index contributed by atoms with van der Waals surface area (Å²) in [5, 5.41) is 6.97. The number of rotatable bonds is 1. The van der Waals surface area contributed by atoms with E-state index in [0.717, 1.165) is 32.8 Å². The predicted octanol–water partition coefficient (Wildman–Crippen LogP) is 6.19. The number of hydrogen-bond donors (Lipinski definition) is 0. The molecule has 30 heavy (non-hydrogen) atoms. The van der Waals surface area contributed by atoms with Gasteiger partial charge in [0, 0.05) is 16.2 Å². The molecule has 0 bridgehead atoms. The highest BCUT2D eigenvalue weighted by Crippen LogP contribution is 2.40. The molecule has 0 radical (unpaired) electrons. The molecule has 1 saturated heterocycles. The van der Waals surface area contributed by atoms with Gasteiger partial charge in [-0.15, -0.1) is 0 Å². The summed E-state index contributed by atoms with van der Waals surface area (Å²) in [5.41, 5.74) is 1.87. The second kappa shape index (κ2) is 5.87. The molecular formula is C26H23BO3. The first kappa shape index (κ1) is 18.0. The van der Waals surface area contributed by atoms with E-state index in [2.05, 4.69) is 94.4 Å². The van der Waals surface area contributed by atoms with Crippen LogP contribution in [-0.2, 0) is 9.31 Å². The highest BCUT2D eigenvalue weighted by molar-refractivity contribution is 6.65. The van der Waals surface area contributed by atoms with Gasteiger partial charge in [-0.05, 0) is 61.4 Å². The summed E-state index contributed by atoms with van der Waals surface area (Å²) in [6, 6.07) is 23.4. The monoisotopic (exact) mass is 394 g/mol. The van der Waals surface area contributed by atoms with Crippen LogP contribution in [0.15, 0.2) is 71.1 Å². The molecule has 4 heteroatoms. The summed E-state index contributed by atoms with van der Waals surface area (Å²) in [5.74, 6) is 0. The Hall–Kier alpha value is -2.82. The number of fused-ring (bicyclic) bond motifs is 6. The molecule has 0 atom stereocenters. The molecule has 2 heterocycles. The first-order valence-electron chi connectivity index (χ1n) is 10.5. The molecule has 0 aliphatic carbocycles. The van der Waals surface area contributed by atoms with Crippen LogP contribution in [-0.4, -0.2) is 18.3 Å². The summed E-state index contributed by atoms with van der Waals surface area (Å²) in [7, 11) is -0.475. The predicted molar refractivity (Wildman–Crippen MR) is 124 cm³/mol. The molecule has 4 aromatic carbocycles. The molecular weight excluding hydrogens is 371 g/mol. The van der Waals surface area contributed by atoms with Crippen molar-refractivity contribution in [3.05, 3.63) is 66.7 Å². The smallest absolute Gasteiger partial charge is 0.456 e. The SMILES string of the molecule is CC1(C)OB(c2cc3ccccc3c3c2oc2cc4ccccc4cc23)OC1(C)C. The van der Waals surface area contributed by atoms with E-state index in [1.807, 2.05) is 0 Å². The van der Waals surface area contributed by atoms with Gasteiger partial charge in [0.25, 0.3) is 0 Å². The van der Waals surface area contributed by atoms with E-state index in [-0.39, 0.29) is 0 Å². The first-order valence-corrected chi connectivity index (χ1v) is 10.5. The molecule has 0 amide bonds. The highest BCUT2D eigenvalue weighted by atomic mass is 16.7. The topological polar surface area (TPSA) is 31.6 Å². The van der Waals surface area contributed by atoms with Crippen molar-refractivity contribution in [2.45, 2.75) is 38.9 Å². The van der Waals surface area contributed by atoms with Crippen LogP contribution in [0.4, 0.5) is 0 Å². The van der Waals surface area contributed by atoms with Gasteiger partial charge in [0.15, 0.2) is 0 Å². The largest absolute Gasteiger partial charge is 0.498 e. The minimum Gasteiger partial charge on any atom is -0.456 e. The Balaban J connectivity index is 1.72. The lowest BCUT2D eigenvalue weighted by molar-refractivity contribution is 0.00578. The minimum absolute atomic E-state index is 0.406. The third-order valence-electron chi connectivity index (χ3n) is 6.87. The van der Waals surface area contributed by atoms with Gasteiger partial charge >= 0.3 is 7.12 Å². The third-order valence-corrected chi connectivity index (χ3v) is 6.87. The maximum Gasteiger partial charge on any atom is 0.498 e. The van der Waals surface area contributed by atoms with E-state index in [0.29, 0.717) is 0 Å². The normalized spacial score (nSPS) is 18.2. The molecule has 1 aliphatic rings. The van der Waals surface area contributed by atoms with Crippen molar-refractivity contribution >= 4 is 56.1 Å². The van der Waals surface area contributed by atoms with Gasteiger partial charge in [0.1, 0.15) is 11.2 Å². The summed E-state index contributed by atoms with van der Waals surface area (Å²) in [4.78, 5) is 0. The lowest BCUT2D eigenvalue weighted by Gasteiger charge is -2.32. The molecule has 0 N–H and O–H groups in total. The second-order valence-electron chi connectivity index (χ2n) is 9.28. The fourth-order valence-corrected chi connectivity index (χ4v) is 4.48. The van der Waals surface area contributed by atoms with E-state index >= 15 is 0 Å². The summed E-state index contributed by atoms with van der Waals surface area (Å²) < 4.78 is 19.3. The zero-order chi connectivity index (χ0) is 20.7. The number of benzene rings is 4. The van der Waals surface area contributed by atoms with Gasteiger partial charge in [0.2, 0.25) is 0 Å².